The average molecular weight is 236 g/mol. The second kappa shape index (κ2) is 5.82. The van der Waals surface area contributed by atoms with Crippen molar-refractivity contribution in [2.75, 3.05) is 0 Å². The number of aliphatic imine (C=N–C) groups is 1. The van der Waals surface area contributed by atoms with E-state index in [1.807, 2.05) is 73.7 Å². The number of hydrogen-bond donors (Lipinski definition) is 1. The minimum Gasteiger partial charge on any atom is -0.384 e. The molecule has 0 unspecified atom stereocenters. The first-order chi connectivity index (χ1) is 8.74. The molecule has 0 heterocycles. The largest absolute Gasteiger partial charge is 0.384 e. The SMILES string of the molecule is Cc1ccc(N=C(N)/C=C/c2ccccc2)cc1. The summed E-state index contributed by atoms with van der Waals surface area (Å²) in [7, 11) is 0. The Balaban J connectivity index is 2.10. The van der Waals surface area contributed by atoms with Crippen LogP contribution >= 0.6 is 0 Å². The Labute approximate surface area is 107 Å². The zero-order chi connectivity index (χ0) is 12.8. The van der Waals surface area contributed by atoms with Gasteiger partial charge in [-0.05, 0) is 30.7 Å². The van der Waals surface area contributed by atoms with Crippen LogP contribution in [-0.4, -0.2) is 5.84 Å². The van der Waals surface area contributed by atoms with Gasteiger partial charge in [-0.1, -0.05) is 54.1 Å². The van der Waals surface area contributed by atoms with Gasteiger partial charge in [-0.3, -0.25) is 0 Å². The van der Waals surface area contributed by atoms with Gasteiger partial charge in [0.1, 0.15) is 5.84 Å². The number of hydrogen-bond acceptors (Lipinski definition) is 1. The van der Waals surface area contributed by atoms with Gasteiger partial charge in [0.15, 0.2) is 0 Å². The first kappa shape index (κ1) is 12.1. The fourth-order valence-electron chi connectivity index (χ4n) is 1.55. The molecule has 18 heavy (non-hydrogen) atoms. The molecule has 0 radical (unpaired) electrons. The zero-order valence-electron chi connectivity index (χ0n) is 10.4. The van der Waals surface area contributed by atoms with E-state index in [0.717, 1.165) is 11.3 Å². The van der Waals surface area contributed by atoms with Crippen molar-refractivity contribution < 1.29 is 0 Å². The summed E-state index contributed by atoms with van der Waals surface area (Å²) in [6.07, 6.45) is 3.77. The third kappa shape index (κ3) is 3.59. The summed E-state index contributed by atoms with van der Waals surface area (Å²) in [5.41, 5.74) is 9.05. The van der Waals surface area contributed by atoms with Crippen LogP contribution in [0.2, 0.25) is 0 Å². The van der Waals surface area contributed by atoms with Gasteiger partial charge in [0.25, 0.3) is 0 Å². The molecule has 2 aromatic carbocycles. The van der Waals surface area contributed by atoms with Crippen LogP contribution in [0, 0.1) is 6.92 Å². The molecule has 2 nitrogen and oxygen atoms in total. The molecule has 0 amide bonds. The Morgan fingerprint density at radius 3 is 2.33 bits per heavy atom. The summed E-state index contributed by atoms with van der Waals surface area (Å²) in [6.45, 7) is 2.05. The van der Waals surface area contributed by atoms with Crippen LogP contribution in [0.1, 0.15) is 11.1 Å². The van der Waals surface area contributed by atoms with Crippen molar-refractivity contribution in [3.8, 4) is 0 Å². The minimum atomic E-state index is 0.503. The van der Waals surface area contributed by atoms with E-state index in [1.54, 1.807) is 0 Å². The van der Waals surface area contributed by atoms with Gasteiger partial charge in [-0.2, -0.15) is 0 Å². The van der Waals surface area contributed by atoms with Gasteiger partial charge in [0, 0.05) is 0 Å². The quantitative estimate of drug-likeness (QED) is 0.640. The molecule has 0 aromatic heterocycles. The number of nitrogens with zero attached hydrogens (tertiary/aromatic N) is 1. The lowest BCUT2D eigenvalue weighted by molar-refractivity contribution is 1.42. The molecule has 0 aliphatic rings. The van der Waals surface area contributed by atoms with Crippen LogP contribution in [0.5, 0.6) is 0 Å². The number of amidine groups is 1. The van der Waals surface area contributed by atoms with Crippen LogP contribution in [0.4, 0.5) is 5.69 Å². The zero-order valence-corrected chi connectivity index (χ0v) is 10.4. The fraction of sp³-hybridized carbons (Fsp3) is 0.0625. The summed E-state index contributed by atoms with van der Waals surface area (Å²) in [5.74, 6) is 0.503. The van der Waals surface area contributed by atoms with Crippen molar-refractivity contribution in [3.63, 3.8) is 0 Å². The fourth-order valence-corrected chi connectivity index (χ4v) is 1.55. The van der Waals surface area contributed by atoms with Crippen LogP contribution in [0.25, 0.3) is 6.08 Å². The third-order valence-corrected chi connectivity index (χ3v) is 2.54. The predicted octanol–water partition coefficient (Wildman–Crippen LogP) is 3.70. The molecule has 90 valence electrons. The van der Waals surface area contributed by atoms with E-state index in [0.29, 0.717) is 5.84 Å². The van der Waals surface area contributed by atoms with Gasteiger partial charge in [0.05, 0.1) is 5.69 Å². The molecule has 0 aliphatic heterocycles. The molecule has 0 spiro atoms. The Morgan fingerprint density at radius 2 is 1.67 bits per heavy atom. The summed E-state index contributed by atoms with van der Waals surface area (Å²) < 4.78 is 0. The van der Waals surface area contributed by atoms with E-state index < -0.39 is 0 Å². The maximum absolute atomic E-state index is 5.85. The van der Waals surface area contributed by atoms with Crippen LogP contribution in [0.15, 0.2) is 65.7 Å². The topological polar surface area (TPSA) is 38.4 Å². The minimum absolute atomic E-state index is 0.503. The number of aryl methyl sites for hydroxylation is 1. The Hall–Kier alpha value is -2.35. The van der Waals surface area contributed by atoms with Gasteiger partial charge in [0.2, 0.25) is 0 Å². The second-order valence-corrected chi connectivity index (χ2v) is 4.12. The highest BCUT2D eigenvalue weighted by molar-refractivity contribution is 5.96. The highest BCUT2D eigenvalue weighted by Crippen LogP contribution is 2.12. The molecule has 0 saturated carbocycles. The lowest BCUT2D eigenvalue weighted by Gasteiger charge is -1.97. The molecule has 2 rings (SSSR count). The summed E-state index contributed by atoms with van der Waals surface area (Å²) >= 11 is 0. The first-order valence-electron chi connectivity index (χ1n) is 5.88. The van der Waals surface area contributed by atoms with Crippen molar-refractivity contribution >= 4 is 17.6 Å². The maximum Gasteiger partial charge on any atom is 0.124 e. The lowest BCUT2D eigenvalue weighted by Crippen LogP contribution is -2.06. The van der Waals surface area contributed by atoms with Crippen LogP contribution < -0.4 is 5.73 Å². The third-order valence-electron chi connectivity index (χ3n) is 2.54. The van der Waals surface area contributed by atoms with Crippen molar-refractivity contribution in [3.05, 3.63) is 71.8 Å². The van der Waals surface area contributed by atoms with Gasteiger partial charge >= 0.3 is 0 Å². The molecule has 0 fully saturated rings. The van der Waals surface area contributed by atoms with E-state index in [-0.39, 0.29) is 0 Å². The van der Waals surface area contributed by atoms with Crippen molar-refractivity contribution in [1.82, 2.24) is 0 Å². The smallest absolute Gasteiger partial charge is 0.124 e. The number of benzene rings is 2. The summed E-state index contributed by atoms with van der Waals surface area (Å²) in [6, 6.07) is 18.0. The first-order valence-corrected chi connectivity index (χ1v) is 5.88. The Bertz CT molecular complexity index is 551. The summed E-state index contributed by atoms with van der Waals surface area (Å²) in [4.78, 5) is 4.32. The van der Waals surface area contributed by atoms with Gasteiger partial charge < -0.3 is 5.73 Å². The van der Waals surface area contributed by atoms with Gasteiger partial charge in [-0.25, -0.2) is 4.99 Å². The summed E-state index contributed by atoms with van der Waals surface area (Å²) in [5, 5.41) is 0. The highest BCUT2D eigenvalue weighted by Gasteiger charge is 1.90. The molecule has 2 aromatic rings. The molecule has 0 bridgehead atoms. The van der Waals surface area contributed by atoms with E-state index in [2.05, 4.69) is 4.99 Å². The van der Waals surface area contributed by atoms with Gasteiger partial charge in [-0.15, -0.1) is 0 Å². The number of nitrogens with two attached hydrogens (primary N) is 1. The van der Waals surface area contributed by atoms with E-state index in [9.17, 15) is 0 Å². The second-order valence-electron chi connectivity index (χ2n) is 4.12. The maximum atomic E-state index is 5.85. The molecule has 0 atom stereocenters. The normalized spacial score (nSPS) is 11.9. The van der Waals surface area contributed by atoms with Crippen molar-refractivity contribution in [2.24, 2.45) is 10.7 Å². The standard InChI is InChI=1S/C16H16N2/c1-13-7-10-15(11-8-13)18-16(17)12-9-14-5-3-2-4-6-14/h2-12H,1H3,(H2,17,18)/b12-9+. The average Bonchev–Trinajstić information content (AvgIpc) is 2.40. The lowest BCUT2D eigenvalue weighted by atomic mass is 10.2. The Morgan fingerprint density at radius 1 is 1.00 bits per heavy atom. The van der Waals surface area contributed by atoms with Crippen molar-refractivity contribution in [1.29, 1.82) is 0 Å². The van der Waals surface area contributed by atoms with Crippen LogP contribution in [0.3, 0.4) is 0 Å². The van der Waals surface area contributed by atoms with E-state index in [4.69, 9.17) is 5.73 Å². The van der Waals surface area contributed by atoms with Crippen molar-refractivity contribution in [2.45, 2.75) is 6.92 Å². The van der Waals surface area contributed by atoms with Crippen LogP contribution in [-0.2, 0) is 0 Å². The molecule has 2 heteroatoms. The molecular formula is C16H16N2. The number of rotatable bonds is 3. The molecule has 2 N–H and O–H groups in total. The Kier molecular flexibility index (Phi) is 3.92. The highest BCUT2D eigenvalue weighted by atomic mass is 14.8. The predicted molar refractivity (Wildman–Crippen MR) is 77.9 cm³/mol. The molecule has 0 aliphatic carbocycles. The monoisotopic (exact) mass is 236 g/mol. The van der Waals surface area contributed by atoms with E-state index in [1.165, 1.54) is 5.56 Å². The molecule has 0 saturated heterocycles. The van der Waals surface area contributed by atoms with E-state index >= 15 is 0 Å². The molecular weight excluding hydrogens is 220 g/mol.